The van der Waals surface area contributed by atoms with Crippen LogP contribution < -0.4 is 14.8 Å². The summed E-state index contributed by atoms with van der Waals surface area (Å²) in [5, 5.41) is 3.31. The average molecular weight is 327 g/mol. The number of ether oxygens (including phenoxy) is 2. The number of piperidine rings is 1. The highest BCUT2D eigenvalue weighted by molar-refractivity contribution is 5.85. The molecule has 1 saturated heterocycles. The van der Waals surface area contributed by atoms with Gasteiger partial charge in [0.2, 0.25) is 12.7 Å². The quantitative estimate of drug-likeness (QED) is 0.921. The molecule has 2 aliphatic heterocycles. The molecule has 3 rings (SSSR count). The van der Waals surface area contributed by atoms with Crippen molar-refractivity contribution in [3.63, 3.8) is 0 Å². The maximum Gasteiger partial charge on any atom is 0.231 e. The SMILES string of the molecule is CCN(Cc1ccc2c(c1)OCO2)C(=O)[C@@H]1CCCNC1.Cl. The van der Waals surface area contributed by atoms with E-state index in [2.05, 4.69) is 5.32 Å². The fourth-order valence-electron chi connectivity index (χ4n) is 2.93. The smallest absolute Gasteiger partial charge is 0.231 e. The molecule has 0 spiro atoms. The molecular formula is C16H23ClN2O3. The van der Waals surface area contributed by atoms with E-state index in [9.17, 15) is 4.79 Å². The van der Waals surface area contributed by atoms with E-state index >= 15 is 0 Å². The Bertz CT molecular complexity index is 518. The molecule has 1 fully saturated rings. The van der Waals surface area contributed by atoms with Gasteiger partial charge in [0.25, 0.3) is 0 Å². The van der Waals surface area contributed by atoms with Gasteiger partial charge in [0, 0.05) is 19.6 Å². The molecule has 0 aliphatic carbocycles. The molecule has 1 N–H and O–H groups in total. The summed E-state index contributed by atoms with van der Waals surface area (Å²) in [6, 6.07) is 5.89. The van der Waals surface area contributed by atoms with Gasteiger partial charge in [-0.2, -0.15) is 0 Å². The van der Waals surface area contributed by atoms with Crippen molar-refractivity contribution in [1.29, 1.82) is 0 Å². The monoisotopic (exact) mass is 326 g/mol. The van der Waals surface area contributed by atoms with Crippen molar-refractivity contribution >= 4 is 18.3 Å². The van der Waals surface area contributed by atoms with Gasteiger partial charge in [-0.15, -0.1) is 12.4 Å². The highest BCUT2D eigenvalue weighted by Crippen LogP contribution is 2.32. The highest BCUT2D eigenvalue weighted by Gasteiger charge is 2.25. The van der Waals surface area contributed by atoms with E-state index < -0.39 is 0 Å². The zero-order valence-electron chi connectivity index (χ0n) is 12.8. The molecule has 2 heterocycles. The van der Waals surface area contributed by atoms with Crippen molar-refractivity contribution in [3.8, 4) is 11.5 Å². The maximum atomic E-state index is 12.6. The Kier molecular flexibility index (Phi) is 5.91. The number of benzene rings is 1. The first kappa shape index (κ1) is 16.9. The number of fused-ring (bicyclic) bond motifs is 1. The van der Waals surface area contributed by atoms with Crippen molar-refractivity contribution in [3.05, 3.63) is 23.8 Å². The van der Waals surface area contributed by atoms with E-state index in [-0.39, 0.29) is 31.0 Å². The van der Waals surface area contributed by atoms with Gasteiger partial charge in [-0.05, 0) is 44.0 Å². The van der Waals surface area contributed by atoms with Gasteiger partial charge >= 0.3 is 0 Å². The first-order chi connectivity index (χ1) is 10.3. The van der Waals surface area contributed by atoms with E-state index in [1.165, 1.54) is 0 Å². The van der Waals surface area contributed by atoms with Crippen LogP contribution in [0.3, 0.4) is 0 Å². The van der Waals surface area contributed by atoms with Crippen LogP contribution in [0.1, 0.15) is 25.3 Å². The van der Waals surface area contributed by atoms with Crippen LogP contribution in [-0.2, 0) is 11.3 Å². The molecule has 22 heavy (non-hydrogen) atoms. The maximum absolute atomic E-state index is 12.6. The highest BCUT2D eigenvalue weighted by atomic mass is 35.5. The van der Waals surface area contributed by atoms with Crippen LogP contribution in [-0.4, -0.2) is 37.2 Å². The standard InChI is InChI=1S/C16H22N2O3.ClH/c1-2-18(16(19)13-4-3-7-17-9-13)10-12-5-6-14-15(8-12)21-11-20-14;/h5-6,8,13,17H,2-4,7,9-11H2,1H3;1H/t13-;/m1./s1. The summed E-state index contributed by atoms with van der Waals surface area (Å²) in [7, 11) is 0. The second-order valence-electron chi connectivity index (χ2n) is 5.58. The number of hydrogen-bond acceptors (Lipinski definition) is 4. The fraction of sp³-hybridized carbons (Fsp3) is 0.562. The summed E-state index contributed by atoms with van der Waals surface area (Å²) in [6.45, 7) is 5.49. The third kappa shape index (κ3) is 3.65. The lowest BCUT2D eigenvalue weighted by Crippen LogP contribution is -2.42. The molecule has 0 unspecified atom stereocenters. The summed E-state index contributed by atoms with van der Waals surface area (Å²) in [6.07, 6.45) is 2.07. The zero-order valence-corrected chi connectivity index (χ0v) is 13.7. The Morgan fingerprint density at radius 3 is 2.91 bits per heavy atom. The van der Waals surface area contributed by atoms with Crippen molar-refractivity contribution in [1.82, 2.24) is 10.2 Å². The van der Waals surface area contributed by atoms with Crippen LogP contribution >= 0.6 is 12.4 Å². The molecule has 1 atom stereocenters. The molecule has 0 radical (unpaired) electrons. The molecule has 0 saturated carbocycles. The van der Waals surface area contributed by atoms with E-state index in [0.29, 0.717) is 6.54 Å². The Labute approximate surface area is 137 Å². The van der Waals surface area contributed by atoms with Crippen LogP contribution in [0.2, 0.25) is 0 Å². The number of carbonyl (C=O) groups excluding carboxylic acids is 1. The predicted octanol–water partition coefficient (Wildman–Crippen LogP) is 2.19. The topological polar surface area (TPSA) is 50.8 Å². The number of nitrogens with one attached hydrogen (secondary N) is 1. The Hall–Kier alpha value is -1.46. The minimum atomic E-state index is 0. The molecule has 0 aromatic heterocycles. The lowest BCUT2D eigenvalue weighted by Gasteiger charge is -2.29. The molecular weight excluding hydrogens is 304 g/mol. The van der Waals surface area contributed by atoms with Gasteiger partial charge in [-0.1, -0.05) is 6.07 Å². The van der Waals surface area contributed by atoms with Crippen molar-refractivity contribution in [2.75, 3.05) is 26.4 Å². The molecule has 122 valence electrons. The normalized spacial score (nSPS) is 19.4. The van der Waals surface area contributed by atoms with Gasteiger partial charge in [-0.25, -0.2) is 0 Å². The van der Waals surface area contributed by atoms with Crippen molar-refractivity contribution < 1.29 is 14.3 Å². The van der Waals surface area contributed by atoms with E-state index in [0.717, 1.165) is 49.5 Å². The number of carbonyl (C=O) groups is 1. The lowest BCUT2D eigenvalue weighted by atomic mass is 9.98. The lowest BCUT2D eigenvalue weighted by molar-refractivity contribution is -0.136. The van der Waals surface area contributed by atoms with Gasteiger partial charge in [0.15, 0.2) is 11.5 Å². The first-order valence-electron chi connectivity index (χ1n) is 7.66. The molecule has 2 aliphatic rings. The Balaban J connectivity index is 0.00000176. The molecule has 5 nitrogen and oxygen atoms in total. The fourth-order valence-corrected chi connectivity index (χ4v) is 2.93. The zero-order chi connectivity index (χ0) is 14.7. The Morgan fingerprint density at radius 2 is 2.18 bits per heavy atom. The van der Waals surface area contributed by atoms with Crippen LogP contribution in [0.25, 0.3) is 0 Å². The van der Waals surface area contributed by atoms with Crippen LogP contribution in [0, 0.1) is 5.92 Å². The number of rotatable bonds is 4. The molecule has 6 heteroatoms. The van der Waals surface area contributed by atoms with Gasteiger partial charge in [0.1, 0.15) is 0 Å². The minimum absolute atomic E-state index is 0. The van der Waals surface area contributed by atoms with Gasteiger partial charge in [-0.3, -0.25) is 4.79 Å². The first-order valence-corrected chi connectivity index (χ1v) is 7.66. The second-order valence-corrected chi connectivity index (χ2v) is 5.58. The van der Waals surface area contributed by atoms with Crippen molar-refractivity contribution in [2.45, 2.75) is 26.3 Å². The van der Waals surface area contributed by atoms with Gasteiger partial charge < -0.3 is 19.7 Å². The summed E-state index contributed by atoms with van der Waals surface area (Å²) in [5.41, 5.74) is 1.08. The summed E-state index contributed by atoms with van der Waals surface area (Å²) >= 11 is 0. The van der Waals surface area contributed by atoms with Crippen LogP contribution in [0.4, 0.5) is 0 Å². The summed E-state index contributed by atoms with van der Waals surface area (Å²) < 4.78 is 10.7. The molecule has 1 aromatic rings. The number of halogens is 1. The van der Waals surface area contributed by atoms with Crippen molar-refractivity contribution in [2.24, 2.45) is 5.92 Å². The number of hydrogen-bond donors (Lipinski definition) is 1. The minimum Gasteiger partial charge on any atom is -0.454 e. The predicted molar refractivity (Wildman–Crippen MR) is 86.5 cm³/mol. The van der Waals surface area contributed by atoms with E-state index in [1.54, 1.807) is 0 Å². The van der Waals surface area contributed by atoms with E-state index in [1.807, 2.05) is 30.0 Å². The largest absolute Gasteiger partial charge is 0.454 e. The summed E-state index contributed by atoms with van der Waals surface area (Å²) in [4.78, 5) is 14.5. The van der Waals surface area contributed by atoms with E-state index in [4.69, 9.17) is 9.47 Å². The Morgan fingerprint density at radius 1 is 1.36 bits per heavy atom. The number of nitrogens with zero attached hydrogens (tertiary/aromatic N) is 1. The summed E-state index contributed by atoms with van der Waals surface area (Å²) in [5.74, 6) is 1.93. The van der Waals surface area contributed by atoms with Crippen LogP contribution in [0.5, 0.6) is 11.5 Å². The third-order valence-electron chi connectivity index (χ3n) is 4.15. The van der Waals surface area contributed by atoms with Gasteiger partial charge in [0.05, 0.1) is 5.92 Å². The third-order valence-corrected chi connectivity index (χ3v) is 4.15. The molecule has 1 aromatic carbocycles. The van der Waals surface area contributed by atoms with Crippen LogP contribution in [0.15, 0.2) is 18.2 Å². The average Bonchev–Trinajstić information content (AvgIpc) is 3.00. The molecule has 1 amide bonds. The number of amides is 1. The second kappa shape index (κ2) is 7.70. The molecule has 0 bridgehead atoms.